The highest BCUT2D eigenvalue weighted by atomic mass is 16.2. The van der Waals surface area contributed by atoms with Gasteiger partial charge in [0, 0.05) is 13.1 Å². The van der Waals surface area contributed by atoms with Gasteiger partial charge in [-0.05, 0) is 32.7 Å². The topological polar surface area (TPSA) is 70.2 Å². The van der Waals surface area contributed by atoms with Gasteiger partial charge in [0.1, 0.15) is 6.29 Å². The monoisotopic (exact) mass is 213 g/mol. The zero-order chi connectivity index (χ0) is 11.3. The zero-order valence-corrected chi connectivity index (χ0v) is 9.30. The van der Waals surface area contributed by atoms with Crippen LogP contribution in [0.2, 0.25) is 0 Å². The van der Waals surface area contributed by atoms with Crippen LogP contribution in [-0.2, 0) is 4.79 Å². The molecular weight excluding hydrogens is 194 g/mol. The predicted octanol–water partition coefficient (Wildman–Crippen LogP) is 0.0151. The van der Waals surface area contributed by atoms with Crippen LogP contribution in [-0.4, -0.2) is 38.0 Å². The highest BCUT2D eigenvalue weighted by molar-refractivity contribution is 5.80. The summed E-state index contributed by atoms with van der Waals surface area (Å²) in [4.78, 5) is 22.3. The lowest BCUT2D eigenvalue weighted by Gasteiger charge is -2.36. The Balaban J connectivity index is 2.56. The number of carbonyl (C=O) groups excluding carboxylic acids is 2. The van der Waals surface area contributed by atoms with Crippen LogP contribution in [0.5, 0.6) is 0 Å². The first-order chi connectivity index (χ1) is 7.15. The van der Waals surface area contributed by atoms with E-state index in [1.165, 1.54) is 0 Å². The van der Waals surface area contributed by atoms with E-state index in [9.17, 15) is 9.59 Å². The normalized spacial score (nSPS) is 30.7. The number of hydrogen-bond acceptors (Lipinski definition) is 3. The van der Waals surface area contributed by atoms with E-state index in [0.717, 1.165) is 19.1 Å². The van der Waals surface area contributed by atoms with Crippen molar-refractivity contribution in [2.45, 2.75) is 37.3 Å². The fraction of sp³-hybridized carbons (Fsp3) is 0.800. The standard InChI is InChI=1S/C10H19N3O2/c1-11-8-3-5-10(7-14,6-4-8)13-9(15)12-2/h7-8,11H,3-6H2,1-2H3,(H2,12,13,15). The van der Waals surface area contributed by atoms with Crippen molar-refractivity contribution in [2.24, 2.45) is 0 Å². The highest BCUT2D eigenvalue weighted by Crippen LogP contribution is 2.26. The summed E-state index contributed by atoms with van der Waals surface area (Å²) in [6.45, 7) is 0. The first-order valence-corrected chi connectivity index (χ1v) is 5.29. The molecule has 0 saturated heterocycles. The SMILES string of the molecule is CNC(=O)NC1(C=O)CCC(NC)CC1. The molecule has 15 heavy (non-hydrogen) atoms. The molecule has 1 saturated carbocycles. The minimum atomic E-state index is -0.659. The van der Waals surface area contributed by atoms with Gasteiger partial charge < -0.3 is 20.7 Å². The third-order valence-electron chi connectivity index (χ3n) is 3.10. The molecule has 86 valence electrons. The second-order valence-corrected chi connectivity index (χ2v) is 4.04. The molecule has 3 N–H and O–H groups in total. The molecule has 0 unspecified atom stereocenters. The molecule has 5 heteroatoms. The van der Waals surface area contributed by atoms with Crippen LogP contribution in [0.4, 0.5) is 4.79 Å². The maximum Gasteiger partial charge on any atom is 0.315 e. The van der Waals surface area contributed by atoms with Crippen LogP contribution in [0.3, 0.4) is 0 Å². The molecule has 1 aliphatic carbocycles. The van der Waals surface area contributed by atoms with E-state index in [2.05, 4.69) is 16.0 Å². The summed E-state index contributed by atoms with van der Waals surface area (Å²) in [6, 6.07) is 0.176. The Morgan fingerprint density at radius 1 is 1.33 bits per heavy atom. The molecule has 0 bridgehead atoms. The molecule has 0 spiro atoms. The third kappa shape index (κ3) is 2.92. The number of aldehydes is 1. The van der Waals surface area contributed by atoms with Gasteiger partial charge in [-0.15, -0.1) is 0 Å². The second-order valence-electron chi connectivity index (χ2n) is 4.04. The van der Waals surface area contributed by atoms with Crippen molar-refractivity contribution in [2.75, 3.05) is 14.1 Å². The van der Waals surface area contributed by atoms with E-state index in [1.54, 1.807) is 7.05 Å². The van der Waals surface area contributed by atoms with Crippen molar-refractivity contribution >= 4 is 12.3 Å². The first kappa shape index (κ1) is 12.0. The van der Waals surface area contributed by atoms with Crippen molar-refractivity contribution < 1.29 is 9.59 Å². The Morgan fingerprint density at radius 2 is 1.93 bits per heavy atom. The Kier molecular flexibility index (Phi) is 4.08. The molecule has 0 aliphatic heterocycles. The second kappa shape index (κ2) is 5.11. The third-order valence-corrected chi connectivity index (χ3v) is 3.10. The molecule has 1 rings (SSSR count). The van der Waals surface area contributed by atoms with Gasteiger partial charge in [-0.3, -0.25) is 0 Å². The van der Waals surface area contributed by atoms with E-state index < -0.39 is 5.54 Å². The van der Waals surface area contributed by atoms with Crippen LogP contribution >= 0.6 is 0 Å². The maximum atomic E-state index is 11.2. The van der Waals surface area contributed by atoms with Crippen molar-refractivity contribution in [3.8, 4) is 0 Å². The average Bonchev–Trinajstić information content (AvgIpc) is 2.30. The van der Waals surface area contributed by atoms with Gasteiger partial charge in [0.05, 0.1) is 5.54 Å². The Bertz CT molecular complexity index is 235. The van der Waals surface area contributed by atoms with Crippen LogP contribution in [0.25, 0.3) is 0 Å². The van der Waals surface area contributed by atoms with Crippen LogP contribution < -0.4 is 16.0 Å². The molecular formula is C10H19N3O2. The minimum absolute atomic E-state index is 0.287. The van der Waals surface area contributed by atoms with Crippen LogP contribution in [0.1, 0.15) is 25.7 Å². The first-order valence-electron chi connectivity index (χ1n) is 5.29. The maximum absolute atomic E-state index is 11.2. The quantitative estimate of drug-likeness (QED) is 0.579. The molecule has 0 aromatic carbocycles. The molecule has 0 heterocycles. The summed E-state index contributed by atoms with van der Waals surface area (Å²) in [5, 5.41) is 8.39. The molecule has 2 amide bonds. The Labute approximate surface area is 90.0 Å². The Morgan fingerprint density at radius 3 is 2.33 bits per heavy atom. The average molecular weight is 213 g/mol. The van der Waals surface area contributed by atoms with E-state index >= 15 is 0 Å². The summed E-state index contributed by atoms with van der Waals surface area (Å²) in [5.74, 6) is 0. The van der Waals surface area contributed by atoms with Gasteiger partial charge in [0.15, 0.2) is 0 Å². The molecule has 1 fully saturated rings. The van der Waals surface area contributed by atoms with E-state index in [-0.39, 0.29) is 6.03 Å². The Hall–Kier alpha value is -1.10. The summed E-state index contributed by atoms with van der Waals surface area (Å²) >= 11 is 0. The lowest BCUT2D eigenvalue weighted by molar-refractivity contribution is -0.114. The van der Waals surface area contributed by atoms with Gasteiger partial charge in [0.25, 0.3) is 0 Å². The van der Waals surface area contributed by atoms with Gasteiger partial charge >= 0.3 is 6.03 Å². The summed E-state index contributed by atoms with van der Waals surface area (Å²) in [7, 11) is 3.47. The number of nitrogens with one attached hydrogen (secondary N) is 3. The van der Waals surface area contributed by atoms with E-state index in [0.29, 0.717) is 18.9 Å². The van der Waals surface area contributed by atoms with Crippen molar-refractivity contribution in [3.05, 3.63) is 0 Å². The fourth-order valence-electron chi connectivity index (χ4n) is 1.98. The predicted molar refractivity (Wildman–Crippen MR) is 57.7 cm³/mol. The molecule has 0 aromatic rings. The minimum Gasteiger partial charge on any atom is -0.341 e. The number of carbonyl (C=O) groups is 2. The van der Waals surface area contributed by atoms with Crippen molar-refractivity contribution in [1.29, 1.82) is 0 Å². The molecule has 0 atom stereocenters. The molecule has 0 aromatic heterocycles. The lowest BCUT2D eigenvalue weighted by atomic mass is 9.80. The smallest absolute Gasteiger partial charge is 0.315 e. The largest absolute Gasteiger partial charge is 0.341 e. The van der Waals surface area contributed by atoms with Crippen molar-refractivity contribution in [3.63, 3.8) is 0 Å². The van der Waals surface area contributed by atoms with Crippen LogP contribution in [0, 0.1) is 0 Å². The van der Waals surface area contributed by atoms with Gasteiger partial charge in [-0.1, -0.05) is 0 Å². The molecule has 5 nitrogen and oxygen atoms in total. The van der Waals surface area contributed by atoms with E-state index in [1.807, 2.05) is 7.05 Å². The van der Waals surface area contributed by atoms with Gasteiger partial charge in [0.2, 0.25) is 0 Å². The van der Waals surface area contributed by atoms with Gasteiger partial charge in [-0.2, -0.15) is 0 Å². The summed E-state index contributed by atoms with van der Waals surface area (Å²) in [5.41, 5.74) is -0.659. The zero-order valence-electron chi connectivity index (χ0n) is 9.30. The number of hydrogen-bond donors (Lipinski definition) is 3. The number of urea groups is 1. The number of rotatable bonds is 3. The number of amides is 2. The molecule has 1 aliphatic rings. The highest BCUT2D eigenvalue weighted by Gasteiger charge is 2.35. The summed E-state index contributed by atoms with van der Waals surface area (Å²) in [6.07, 6.45) is 4.11. The lowest BCUT2D eigenvalue weighted by Crippen LogP contribution is -2.55. The fourth-order valence-corrected chi connectivity index (χ4v) is 1.98. The van der Waals surface area contributed by atoms with Gasteiger partial charge in [-0.25, -0.2) is 4.79 Å². The van der Waals surface area contributed by atoms with E-state index in [4.69, 9.17) is 0 Å². The van der Waals surface area contributed by atoms with Crippen LogP contribution in [0.15, 0.2) is 0 Å². The summed E-state index contributed by atoms with van der Waals surface area (Å²) < 4.78 is 0. The van der Waals surface area contributed by atoms with Crippen molar-refractivity contribution in [1.82, 2.24) is 16.0 Å². The molecule has 0 radical (unpaired) electrons.